The number of methoxy groups -OCH3 is 1. The number of aryl methyl sites for hydroxylation is 2. The Balaban J connectivity index is 2.21. The number of carbonyl (C=O) groups is 1. The number of halogens is 1. The number of aromatic nitrogens is 2. The highest BCUT2D eigenvalue weighted by atomic mass is 79.9. The molecule has 0 fully saturated rings. The fourth-order valence-corrected chi connectivity index (χ4v) is 2.01. The Morgan fingerprint density at radius 2 is 2.28 bits per heavy atom. The zero-order valence-corrected chi connectivity index (χ0v) is 11.7. The largest absolute Gasteiger partial charge is 0.479 e. The second-order valence-corrected chi connectivity index (χ2v) is 4.54. The molecule has 2 aromatic heterocycles. The van der Waals surface area contributed by atoms with Crippen LogP contribution in [0.2, 0.25) is 0 Å². The summed E-state index contributed by atoms with van der Waals surface area (Å²) in [6, 6.07) is 1.80. The predicted molar refractivity (Wildman–Crippen MR) is 69.0 cm³/mol. The summed E-state index contributed by atoms with van der Waals surface area (Å²) in [5.41, 5.74) is 0.785. The number of H-pyrrole nitrogens is 1. The molecule has 2 aromatic rings. The first-order valence-corrected chi connectivity index (χ1v) is 5.98. The molecule has 0 spiro atoms. The molecular formula is C11H12BrN3O3. The summed E-state index contributed by atoms with van der Waals surface area (Å²) in [4.78, 5) is 12.0. The van der Waals surface area contributed by atoms with Crippen LogP contribution in [0, 0.1) is 13.8 Å². The summed E-state index contributed by atoms with van der Waals surface area (Å²) in [6.45, 7) is 3.60. The molecule has 0 bridgehead atoms. The third kappa shape index (κ3) is 2.26. The van der Waals surface area contributed by atoms with E-state index in [2.05, 4.69) is 31.4 Å². The van der Waals surface area contributed by atoms with E-state index in [0.29, 0.717) is 21.9 Å². The molecule has 6 nitrogen and oxygen atoms in total. The normalized spacial score (nSPS) is 10.4. The number of anilines is 1. The van der Waals surface area contributed by atoms with Gasteiger partial charge in [0, 0.05) is 5.56 Å². The van der Waals surface area contributed by atoms with Gasteiger partial charge in [0.05, 0.1) is 7.11 Å². The summed E-state index contributed by atoms with van der Waals surface area (Å²) >= 11 is 3.27. The van der Waals surface area contributed by atoms with Crippen molar-refractivity contribution in [3.05, 3.63) is 27.6 Å². The van der Waals surface area contributed by atoms with Gasteiger partial charge in [0.25, 0.3) is 5.91 Å². The van der Waals surface area contributed by atoms with Crippen molar-refractivity contribution >= 4 is 27.7 Å². The molecule has 0 aliphatic rings. The lowest BCUT2D eigenvalue weighted by Gasteiger charge is -2.01. The van der Waals surface area contributed by atoms with E-state index in [1.807, 2.05) is 6.92 Å². The second-order valence-electron chi connectivity index (χ2n) is 3.75. The molecule has 0 radical (unpaired) electrons. The van der Waals surface area contributed by atoms with E-state index in [-0.39, 0.29) is 11.7 Å². The van der Waals surface area contributed by atoms with E-state index < -0.39 is 0 Å². The molecule has 0 unspecified atom stereocenters. The second kappa shape index (κ2) is 4.85. The standard InChI is InChI=1S/C11H12BrN3O3/c1-5-4-6(2)18-8(5)10(16)13-9-7(12)11(17-3)15-14-9/h4H,1-3H3,(H2,13,14,15,16). The number of hydrogen-bond acceptors (Lipinski definition) is 4. The van der Waals surface area contributed by atoms with Crippen molar-refractivity contribution in [2.24, 2.45) is 0 Å². The van der Waals surface area contributed by atoms with Gasteiger partial charge in [0.1, 0.15) is 16.1 Å². The van der Waals surface area contributed by atoms with Gasteiger partial charge in [-0.05, 0) is 35.8 Å². The molecule has 2 heterocycles. The quantitative estimate of drug-likeness (QED) is 0.912. The average Bonchev–Trinajstić information content (AvgIpc) is 2.83. The van der Waals surface area contributed by atoms with Crippen LogP contribution in [0.4, 0.5) is 5.82 Å². The van der Waals surface area contributed by atoms with Crippen molar-refractivity contribution in [1.29, 1.82) is 0 Å². The number of nitrogens with zero attached hydrogens (tertiary/aromatic N) is 1. The number of furan rings is 1. The predicted octanol–water partition coefficient (Wildman–Crippen LogP) is 2.64. The van der Waals surface area contributed by atoms with E-state index in [9.17, 15) is 4.79 Å². The first-order chi connectivity index (χ1) is 8.52. The van der Waals surface area contributed by atoms with Crippen LogP contribution in [0.1, 0.15) is 21.9 Å². The van der Waals surface area contributed by atoms with Crippen molar-refractivity contribution in [3.8, 4) is 5.88 Å². The van der Waals surface area contributed by atoms with Gasteiger partial charge in [-0.25, -0.2) is 0 Å². The summed E-state index contributed by atoms with van der Waals surface area (Å²) in [5.74, 6) is 1.43. The molecule has 7 heteroatoms. The summed E-state index contributed by atoms with van der Waals surface area (Å²) < 4.78 is 10.9. The first-order valence-electron chi connectivity index (χ1n) is 5.19. The number of ether oxygens (including phenoxy) is 1. The minimum atomic E-state index is -0.340. The first kappa shape index (κ1) is 12.7. The van der Waals surface area contributed by atoms with Gasteiger partial charge in [0.15, 0.2) is 5.76 Å². The summed E-state index contributed by atoms with van der Waals surface area (Å²) in [6.07, 6.45) is 0. The Morgan fingerprint density at radius 3 is 2.78 bits per heavy atom. The van der Waals surface area contributed by atoms with E-state index >= 15 is 0 Å². The lowest BCUT2D eigenvalue weighted by molar-refractivity contribution is 0.0994. The Hall–Kier alpha value is -1.76. The SMILES string of the molecule is COc1n[nH]c(NC(=O)c2oc(C)cc2C)c1Br. The number of nitrogens with one attached hydrogen (secondary N) is 2. The molecule has 1 amide bonds. The van der Waals surface area contributed by atoms with Crippen molar-refractivity contribution in [2.45, 2.75) is 13.8 Å². The Bertz CT molecular complexity index is 588. The highest BCUT2D eigenvalue weighted by Gasteiger charge is 2.18. The van der Waals surface area contributed by atoms with Gasteiger partial charge in [-0.3, -0.25) is 9.89 Å². The average molecular weight is 314 g/mol. The summed E-state index contributed by atoms with van der Waals surface area (Å²) in [5, 5.41) is 9.18. The molecule has 2 N–H and O–H groups in total. The fourth-order valence-electron chi connectivity index (χ4n) is 1.57. The van der Waals surface area contributed by atoms with Crippen LogP contribution >= 0.6 is 15.9 Å². The Morgan fingerprint density at radius 1 is 1.56 bits per heavy atom. The zero-order valence-electron chi connectivity index (χ0n) is 10.1. The lowest BCUT2D eigenvalue weighted by atomic mass is 10.2. The summed E-state index contributed by atoms with van der Waals surface area (Å²) in [7, 11) is 1.49. The molecule has 0 aromatic carbocycles. The van der Waals surface area contributed by atoms with E-state index in [4.69, 9.17) is 9.15 Å². The van der Waals surface area contributed by atoms with Crippen molar-refractivity contribution in [1.82, 2.24) is 10.2 Å². The van der Waals surface area contributed by atoms with Gasteiger partial charge in [-0.1, -0.05) is 0 Å². The third-order valence-corrected chi connectivity index (χ3v) is 3.09. The van der Waals surface area contributed by atoms with Crippen LogP contribution in [0.15, 0.2) is 15.0 Å². The van der Waals surface area contributed by atoms with Crippen LogP contribution in [0.25, 0.3) is 0 Å². The highest BCUT2D eigenvalue weighted by molar-refractivity contribution is 9.10. The molecule has 18 heavy (non-hydrogen) atoms. The van der Waals surface area contributed by atoms with Crippen molar-refractivity contribution in [2.75, 3.05) is 12.4 Å². The third-order valence-electron chi connectivity index (χ3n) is 2.36. The number of rotatable bonds is 3. The maximum atomic E-state index is 12.0. The lowest BCUT2D eigenvalue weighted by Crippen LogP contribution is -2.12. The Kier molecular flexibility index (Phi) is 3.42. The number of carbonyl (C=O) groups excluding carboxylic acids is 1. The number of amides is 1. The van der Waals surface area contributed by atoms with E-state index in [1.165, 1.54) is 7.11 Å². The maximum absolute atomic E-state index is 12.0. The molecule has 2 rings (SSSR count). The number of aromatic amines is 1. The zero-order chi connectivity index (χ0) is 13.3. The van der Waals surface area contributed by atoms with Crippen LogP contribution in [-0.4, -0.2) is 23.2 Å². The van der Waals surface area contributed by atoms with Crippen LogP contribution < -0.4 is 10.1 Å². The maximum Gasteiger partial charge on any atom is 0.292 e. The molecule has 0 atom stereocenters. The van der Waals surface area contributed by atoms with Crippen molar-refractivity contribution < 1.29 is 13.9 Å². The van der Waals surface area contributed by atoms with Crippen LogP contribution in [0.5, 0.6) is 5.88 Å². The minimum absolute atomic E-state index is 0.285. The van der Waals surface area contributed by atoms with Gasteiger partial charge >= 0.3 is 0 Å². The highest BCUT2D eigenvalue weighted by Crippen LogP contribution is 2.29. The molecule has 96 valence electrons. The van der Waals surface area contributed by atoms with Crippen LogP contribution in [-0.2, 0) is 0 Å². The van der Waals surface area contributed by atoms with Crippen molar-refractivity contribution in [3.63, 3.8) is 0 Å². The molecule has 0 aliphatic heterocycles. The van der Waals surface area contributed by atoms with Gasteiger partial charge in [-0.15, -0.1) is 5.10 Å². The van der Waals surface area contributed by atoms with Gasteiger partial charge < -0.3 is 14.5 Å². The minimum Gasteiger partial charge on any atom is -0.479 e. The topological polar surface area (TPSA) is 80.1 Å². The molecule has 0 saturated heterocycles. The molecule has 0 saturated carbocycles. The van der Waals surface area contributed by atoms with Gasteiger partial charge in [-0.2, -0.15) is 0 Å². The van der Waals surface area contributed by atoms with E-state index in [0.717, 1.165) is 5.56 Å². The Labute approximate surface area is 112 Å². The smallest absolute Gasteiger partial charge is 0.292 e. The number of hydrogen-bond donors (Lipinski definition) is 2. The van der Waals surface area contributed by atoms with Crippen LogP contribution in [0.3, 0.4) is 0 Å². The fraction of sp³-hybridized carbons (Fsp3) is 0.273. The molecule has 0 aliphatic carbocycles. The van der Waals surface area contributed by atoms with E-state index in [1.54, 1.807) is 13.0 Å². The monoisotopic (exact) mass is 313 g/mol. The molecular weight excluding hydrogens is 302 g/mol. The van der Waals surface area contributed by atoms with Gasteiger partial charge in [0.2, 0.25) is 5.88 Å².